The summed E-state index contributed by atoms with van der Waals surface area (Å²) in [5.41, 5.74) is 1.61. The van der Waals surface area contributed by atoms with Crippen LogP contribution >= 0.6 is 0 Å². The molecule has 2 heterocycles. The fourth-order valence-electron chi connectivity index (χ4n) is 3.02. The molecule has 0 aliphatic carbocycles. The zero-order valence-corrected chi connectivity index (χ0v) is 15.7. The van der Waals surface area contributed by atoms with Crippen LogP contribution in [0.5, 0.6) is 11.6 Å². The number of carbonyl (C=O) groups is 1. The lowest BCUT2D eigenvalue weighted by Gasteiger charge is -2.26. The van der Waals surface area contributed by atoms with E-state index in [-0.39, 0.29) is 12.1 Å². The zero-order valence-electron chi connectivity index (χ0n) is 15.7. The standard InChI is InChI=1S/C20H25N3O4/c1-25-17-6-3-5-15(11-17)13-23(14-18-7-4-10-27-18)20(24)22-16-8-9-19(26-2)21-12-16/h3,5-6,8-9,11-12,18H,4,7,10,13-14H2,1-2H3,(H,22,24). The number of amides is 2. The smallest absolute Gasteiger partial charge is 0.322 e. The molecule has 144 valence electrons. The van der Waals surface area contributed by atoms with E-state index >= 15 is 0 Å². The normalized spacial score (nSPS) is 16.0. The molecule has 1 aromatic heterocycles. The van der Waals surface area contributed by atoms with Crippen LogP contribution in [-0.4, -0.2) is 49.4 Å². The van der Waals surface area contributed by atoms with Gasteiger partial charge in [0.25, 0.3) is 0 Å². The van der Waals surface area contributed by atoms with Crippen molar-refractivity contribution in [2.75, 3.05) is 32.7 Å². The van der Waals surface area contributed by atoms with E-state index in [2.05, 4.69) is 10.3 Å². The van der Waals surface area contributed by atoms with Crippen LogP contribution in [0.3, 0.4) is 0 Å². The largest absolute Gasteiger partial charge is 0.497 e. The van der Waals surface area contributed by atoms with Gasteiger partial charge < -0.3 is 24.4 Å². The topological polar surface area (TPSA) is 72.9 Å². The minimum atomic E-state index is -0.194. The van der Waals surface area contributed by atoms with Gasteiger partial charge in [-0.2, -0.15) is 0 Å². The molecule has 2 amide bonds. The Balaban J connectivity index is 1.71. The maximum Gasteiger partial charge on any atom is 0.322 e. The summed E-state index contributed by atoms with van der Waals surface area (Å²) >= 11 is 0. The molecule has 0 spiro atoms. The number of hydrogen-bond donors (Lipinski definition) is 1. The maximum atomic E-state index is 12.9. The first-order chi connectivity index (χ1) is 13.2. The maximum absolute atomic E-state index is 12.9. The predicted molar refractivity (Wildman–Crippen MR) is 102 cm³/mol. The molecular weight excluding hydrogens is 346 g/mol. The number of rotatable bonds is 7. The first-order valence-corrected chi connectivity index (χ1v) is 8.98. The third-order valence-corrected chi connectivity index (χ3v) is 4.44. The van der Waals surface area contributed by atoms with Gasteiger partial charge in [0, 0.05) is 25.8 Å². The number of nitrogens with zero attached hydrogens (tertiary/aromatic N) is 2. The number of methoxy groups -OCH3 is 2. The van der Waals surface area contributed by atoms with E-state index < -0.39 is 0 Å². The van der Waals surface area contributed by atoms with Crippen molar-refractivity contribution < 1.29 is 19.0 Å². The highest BCUT2D eigenvalue weighted by molar-refractivity contribution is 5.89. The van der Waals surface area contributed by atoms with E-state index in [4.69, 9.17) is 14.2 Å². The van der Waals surface area contributed by atoms with Gasteiger partial charge in [0.15, 0.2) is 0 Å². The number of carbonyl (C=O) groups excluding carboxylic acids is 1. The summed E-state index contributed by atoms with van der Waals surface area (Å²) in [6, 6.07) is 11.0. The fraction of sp³-hybridized carbons (Fsp3) is 0.400. The lowest BCUT2D eigenvalue weighted by Crippen LogP contribution is -2.39. The molecule has 1 unspecified atom stereocenters. The van der Waals surface area contributed by atoms with Crippen LogP contribution < -0.4 is 14.8 Å². The Labute approximate surface area is 159 Å². The monoisotopic (exact) mass is 371 g/mol. The molecule has 1 N–H and O–H groups in total. The van der Waals surface area contributed by atoms with Gasteiger partial charge in [-0.05, 0) is 36.6 Å². The van der Waals surface area contributed by atoms with E-state index in [1.807, 2.05) is 24.3 Å². The molecule has 27 heavy (non-hydrogen) atoms. The van der Waals surface area contributed by atoms with Crippen molar-refractivity contribution in [2.24, 2.45) is 0 Å². The number of pyridine rings is 1. The van der Waals surface area contributed by atoms with Crippen molar-refractivity contribution in [3.63, 3.8) is 0 Å². The third-order valence-electron chi connectivity index (χ3n) is 4.44. The second-order valence-corrected chi connectivity index (χ2v) is 6.39. The van der Waals surface area contributed by atoms with Crippen molar-refractivity contribution in [3.05, 3.63) is 48.2 Å². The van der Waals surface area contributed by atoms with E-state index in [1.54, 1.807) is 37.4 Å². The van der Waals surface area contributed by atoms with Crippen LogP contribution in [0.15, 0.2) is 42.6 Å². The summed E-state index contributed by atoms with van der Waals surface area (Å²) in [4.78, 5) is 18.8. The average Bonchev–Trinajstić information content (AvgIpc) is 3.21. The molecule has 1 saturated heterocycles. The Morgan fingerprint density at radius 1 is 1.30 bits per heavy atom. The summed E-state index contributed by atoms with van der Waals surface area (Å²) in [6.45, 7) is 1.75. The minimum Gasteiger partial charge on any atom is -0.497 e. The average molecular weight is 371 g/mol. The van der Waals surface area contributed by atoms with Gasteiger partial charge in [0.05, 0.1) is 32.2 Å². The number of aromatic nitrogens is 1. The molecule has 0 radical (unpaired) electrons. The van der Waals surface area contributed by atoms with E-state index in [1.165, 1.54) is 0 Å². The summed E-state index contributed by atoms with van der Waals surface area (Å²) in [5, 5.41) is 2.90. The predicted octanol–water partition coefficient (Wildman–Crippen LogP) is 3.31. The minimum absolute atomic E-state index is 0.0651. The van der Waals surface area contributed by atoms with Crippen molar-refractivity contribution in [1.82, 2.24) is 9.88 Å². The molecule has 1 aliphatic rings. The number of urea groups is 1. The molecule has 1 aliphatic heterocycles. The summed E-state index contributed by atoms with van der Waals surface area (Å²) in [5.74, 6) is 1.27. The van der Waals surface area contributed by atoms with Crippen LogP contribution in [-0.2, 0) is 11.3 Å². The van der Waals surface area contributed by atoms with Gasteiger partial charge in [0.1, 0.15) is 5.75 Å². The molecule has 0 bridgehead atoms. The Morgan fingerprint density at radius 3 is 2.85 bits per heavy atom. The van der Waals surface area contributed by atoms with Crippen molar-refractivity contribution in [3.8, 4) is 11.6 Å². The molecule has 0 saturated carbocycles. The van der Waals surface area contributed by atoms with Gasteiger partial charge in [-0.25, -0.2) is 9.78 Å². The number of anilines is 1. The van der Waals surface area contributed by atoms with Crippen LogP contribution in [0.4, 0.5) is 10.5 Å². The SMILES string of the molecule is COc1cccc(CN(CC2CCCO2)C(=O)Nc2ccc(OC)nc2)c1. The lowest BCUT2D eigenvalue weighted by molar-refractivity contribution is 0.0819. The van der Waals surface area contributed by atoms with Crippen molar-refractivity contribution >= 4 is 11.7 Å². The second-order valence-electron chi connectivity index (χ2n) is 6.39. The molecule has 2 aromatic rings. The van der Waals surface area contributed by atoms with E-state index in [0.29, 0.717) is 24.7 Å². The zero-order chi connectivity index (χ0) is 19.1. The molecule has 1 atom stereocenters. The van der Waals surface area contributed by atoms with Crippen molar-refractivity contribution in [2.45, 2.75) is 25.5 Å². The van der Waals surface area contributed by atoms with E-state index in [0.717, 1.165) is 30.8 Å². The first kappa shape index (κ1) is 19.0. The van der Waals surface area contributed by atoms with Gasteiger partial charge >= 0.3 is 6.03 Å². The van der Waals surface area contributed by atoms with Crippen LogP contribution in [0.25, 0.3) is 0 Å². The van der Waals surface area contributed by atoms with Crippen molar-refractivity contribution in [1.29, 1.82) is 0 Å². The van der Waals surface area contributed by atoms with E-state index in [9.17, 15) is 4.79 Å². The van der Waals surface area contributed by atoms with Gasteiger partial charge in [0.2, 0.25) is 5.88 Å². The first-order valence-electron chi connectivity index (χ1n) is 8.98. The van der Waals surface area contributed by atoms with Gasteiger partial charge in [-0.1, -0.05) is 12.1 Å². The highest BCUT2D eigenvalue weighted by atomic mass is 16.5. The highest BCUT2D eigenvalue weighted by Gasteiger charge is 2.23. The molecular formula is C20H25N3O4. The number of benzene rings is 1. The number of ether oxygens (including phenoxy) is 3. The Hall–Kier alpha value is -2.80. The fourth-order valence-corrected chi connectivity index (χ4v) is 3.02. The molecule has 1 fully saturated rings. The summed E-state index contributed by atoms with van der Waals surface area (Å²) in [6.07, 6.45) is 3.63. The summed E-state index contributed by atoms with van der Waals surface area (Å²) in [7, 11) is 3.19. The molecule has 1 aromatic carbocycles. The number of nitrogens with one attached hydrogen (secondary N) is 1. The molecule has 7 nitrogen and oxygen atoms in total. The lowest BCUT2D eigenvalue weighted by atomic mass is 10.2. The molecule has 3 rings (SSSR count). The van der Waals surface area contributed by atoms with Crippen LogP contribution in [0, 0.1) is 0 Å². The summed E-state index contributed by atoms with van der Waals surface area (Å²) < 4.78 is 16.1. The Kier molecular flexibility index (Phi) is 6.49. The Bertz CT molecular complexity index is 745. The highest BCUT2D eigenvalue weighted by Crippen LogP contribution is 2.19. The van der Waals surface area contributed by atoms with Crippen LogP contribution in [0.2, 0.25) is 0 Å². The second kappa shape index (κ2) is 9.23. The van der Waals surface area contributed by atoms with Gasteiger partial charge in [-0.15, -0.1) is 0 Å². The third kappa shape index (κ3) is 5.34. The Morgan fingerprint density at radius 2 is 2.19 bits per heavy atom. The number of hydrogen-bond acceptors (Lipinski definition) is 5. The van der Waals surface area contributed by atoms with Crippen LogP contribution in [0.1, 0.15) is 18.4 Å². The quantitative estimate of drug-likeness (QED) is 0.808. The van der Waals surface area contributed by atoms with Gasteiger partial charge in [-0.3, -0.25) is 0 Å². The molecule has 7 heteroatoms.